The van der Waals surface area contributed by atoms with Crippen molar-refractivity contribution in [1.29, 1.82) is 0 Å². The van der Waals surface area contributed by atoms with Crippen LogP contribution in [0.5, 0.6) is 0 Å². The summed E-state index contributed by atoms with van der Waals surface area (Å²) in [6.07, 6.45) is 2.11. The fourth-order valence-electron chi connectivity index (χ4n) is 2.87. The molecule has 1 aliphatic carbocycles. The Bertz CT molecular complexity index is 239. The van der Waals surface area contributed by atoms with Gasteiger partial charge in [0.1, 0.15) is 0 Å². The van der Waals surface area contributed by atoms with Gasteiger partial charge in [-0.3, -0.25) is 0 Å². The van der Waals surface area contributed by atoms with E-state index in [0.29, 0.717) is 11.5 Å². The molecule has 1 amide bonds. The van der Waals surface area contributed by atoms with Crippen molar-refractivity contribution < 1.29 is 9.90 Å². The number of rotatable bonds is 1. The standard InChI is InChI=1S/C10H22N2.CH3NO2/c1-9(2)4-8(12)5-10(3,6-9)7-11;2-1(3)4/h8H,4-7,11-12H2,1-3H3;2H2,(H,3,4). The Morgan fingerprint density at radius 3 is 2.12 bits per heavy atom. The van der Waals surface area contributed by atoms with Crippen molar-refractivity contribution in [2.45, 2.75) is 46.1 Å². The fourth-order valence-corrected chi connectivity index (χ4v) is 2.87. The lowest BCUT2D eigenvalue weighted by Gasteiger charge is -2.45. The second kappa shape index (κ2) is 5.50. The Kier molecular flexibility index (Phi) is 5.22. The second-order valence-electron chi connectivity index (χ2n) is 5.86. The van der Waals surface area contributed by atoms with Gasteiger partial charge in [-0.05, 0) is 36.6 Å². The van der Waals surface area contributed by atoms with Gasteiger partial charge in [0.2, 0.25) is 0 Å². The molecule has 0 aromatic rings. The number of carboxylic acid groups (broad SMARTS) is 1. The predicted molar refractivity (Wildman–Crippen MR) is 65.0 cm³/mol. The highest BCUT2D eigenvalue weighted by molar-refractivity contribution is 5.61. The number of amides is 1. The zero-order chi connectivity index (χ0) is 13.0. The first-order valence-corrected chi connectivity index (χ1v) is 5.54. The van der Waals surface area contributed by atoms with Crippen LogP contribution in [0.25, 0.3) is 0 Å². The van der Waals surface area contributed by atoms with Crippen molar-refractivity contribution in [3.8, 4) is 0 Å². The molecule has 0 aliphatic heterocycles. The largest absolute Gasteiger partial charge is 0.465 e. The molecule has 5 nitrogen and oxygen atoms in total. The maximum absolute atomic E-state index is 8.78. The van der Waals surface area contributed by atoms with Crippen LogP contribution in [0.15, 0.2) is 0 Å². The first-order chi connectivity index (χ1) is 7.10. The summed E-state index contributed by atoms with van der Waals surface area (Å²) in [5.74, 6) is 0. The lowest BCUT2D eigenvalue weighted by molar-refractivity contribution is 0.0904. The molecule has 0 bridgehead atoms. The Hall–Kier alpha value is -0.810. The van der Waals surface area contributed by atoms with E-state index < -0.39 is 6.09 Å². The highest BCUT2D eigenvalue weighted by atomic mass is 16.4. The highest BCUT2D eigenvalue weighted by Crippen LogP contribution is 2.44. The zero-order valence-corrected chi connectivity index (χ0v) is 10.5. The molecule has 1 aliphatic rings. The molecule has 1 fully saturated rings. The molecular weight excluding hydrogens is 206 g/mol. The van der Waals surface area contributed by atoms with E-state index >= 15 is 0 Å². The zero-order valence-electron chi connectivity index (χ0n) is 10.5. The monoisotopic (exact) mass is 231 g/mol. The van der Waals surface area contributed by atoms with Crippen LogP contribution < -0.4 is 17.2 Å². The second-order valence-corrected chi connectivity index (χ2v) is 5.86. The van der Waals surface area contributed by atoms with E-state index in [1.165, 1.54) is 6.42 Å². The molecule has 1 saturated carbocycles. The van der Waals surface area contributed by atoms with E-state index in [-0.39, 0.29) is 5.41 Å². The summed E-state index contributed by atoms with van der Waals surface area (Å²) in [7, 11) is 0. The van der Waals surface area contributed by atoms with Crippen molar-refractivity contribution in [1.82, 2.24) is 0 Å². The molecule has 7 N–H and O–H groups in total. The molecule has 0 radical (unpaired) electrons. The maximum Gasteiger partial charge on any atom is 0.402 e. The highest BCUT2D eigenvalue weighted by Gasteiger charge is 2.38. The smallest absolute Gasteiger partial charge is 0.402 e. The van der Waals surface area contributed by atoms with Crippen LogP contribution in [0.1, 0.15) is 40.0 Å². The molecule has 5 heteroatoms. The number of carbonyl (C=O) groups is 1. The predicted octanol–water partition coefficient (Wildman–Crippen LogP) is 1.11. The first-order valence-electron chi connectivity index (χ1n) is 5.54. The van der Waals surface area contributed by atoms with Crippen LogP contribution in [0.2, 0.25) is 0 Å². The minimum atomic E-state index is -1.33. The summed E-state index contributed by atoms with van der Waals surface area (Å²) in [5, 5.41) is 7.19. The van der Waals surface area contributed by atoms with Crippen molar-refractivity contribution in [3.63, 3.8) is 0 Å². The Labute approximate surface area is 97.4 Å². The van der Waals surface area contributed by atoms with Crippen molar-refractivity contribution in [3.05, 3.63) is 0 Å². The van der Waals surface area contributed by atoms with Crippen LogP contribution >= 0.6 is 0 Å². The van der Waals surface area contributed by atoms with Gasteiger partial charge in [0.05, 0.1) is 0 Å². The summed E-state index contributed by atoms with van der Waals surface area (Å²) in [6, 6.07) is 0.349. The normalized spacial score (nSPS) is 32.4. The molecule has 0 spiro atoms. The maximum atomic E-state index is 8.78. The summed E-state index contributed by atoms with van der Waals surface area (Å²) < 4.78 is 0. The van der Waals surface area contributed by atoms with E-state index in [4.69, 9.17) is 21.4 Å². The average Bonchev–Trinajstić information content (AvgIpc) is 1.98. The minimum absolute atomic E-state index is 0.279. The SMILES string of the molecule is CC1(C)CC(N)CC(C)(CN)C1.NC(=O)O. The van der Waals surface area contributed by atoms with Gasteiger partial charge in [-0.1, -0.05) is 20.8 Å². The van der Waals surface area contributed by atoms with Crippen LogP contribution in [-0.2, 0) is 0 Å². The molecule has 0 aromatic carbocycles. The quantitative estimate of drug-likeness (QED) is 0.541. The van der Waals surface area contributed by atoms with Gasteiger partial charge in [0, 0.05) is 6.04 Å². The molecule has 1 rings (SSSR count). The number of hydrogen-bond donors (Lipinski definition) is 4. The molecular formula is C11H25N3O2. The third-order valence-corrected chi connectivity index (χ3v) is 2.97. The number of hydrogen-bond acceptors (Lipinski definition) is 3. The van der Waals surface area contributed by atoms with Crippen LogP contribution in [-0.4, -0.2) is 23.8 Å². The van der Waals surface area contributed by atoms with Crippen molar-refractivity contribution in [2.24, 2.45) is 28.0 Å². The Morgan fingerprint density at radius 1 is 1.38 bits per heavy atom. The lowest BCUT2D eigenvalue weighted by atomic mass is 9.63. The molecule has 16 heavy (non-hydrogen) atoms. The lowest BCUT2D eigenvalue weighted by Crippen LogP contribution is -2.45. The average molecular weight is 231 g/mol. The molecule has 0 saturated heterocycles. The molecule has 2 atom stereocenters. The topological polar surface area (TPSA) is 115 Å². The minimum Gasteiger partial charge on any atom is -0.465 e. The van der Waals surface area contributed by atoms with E-state index in [0.717, 1.165) is 19.4 Å². The Morgan fingerprint density at radius 2 is 1.81 bits per heavy atom. The van der Waals surface area contributed by atoms with Gasteiger partial charge in [-0.2, -0.15) is 0 Å². The molecule has 0 heterocycles. The number of nitrogens with two attached hydrogens (primary N) is 3. The van der Waals surface area contributed by atoms with Gasteiger partial charge >= 0.3 is 6.09 Å². The third-order valence-electron chi connectivity index (χ3n) is 2.97. The summed E-state index contributed by atoms with van der Waals surface area (Å²) >= 11 is 0. The summed E-state index contributed by atoms with van der Waals surface area (Å²) in [6.45, 7) is 7.61. The van der Waals surface area contributed by atoms with Crippen LogP contribution in [0.4, 0.5) is 4.79 Å². The van der Waals surface area contributed by atoms with Gasteiger partial charge in [0.25, 0.3) is 0 Å². The van der Waals surface area contributed by atoms with E-state index in [2.05, 4.69) is 26.5 Å². The van der Waals surface area contributed by atoms with Crippen LogP contribution in [0.3, 0.4) is 0 Å². The summed E-state index contributed by atoms with van der Waals surface area (Å²) in [5.41, 5.74) is 16.5. The van der Waals surface area contributed by atoms with Gasteiger partial charge in [-0.15, -0.1) is 0 Å². The summed E-state index contributed by atoms with van der Waals surface area (Å²) in [4.78, 5) is 8.78. The van der Waals surface area contributed by atoms with Crippen LogP contribution in [0, 0.1) is 10.8 Å². The first kappa shape index (κ1) is 15.2. The van der Waals surface area contributed by atoms with Gasteiger partial charge in [0.15, 0.2) is 0 Å². The molecule has 0 aromatic heterocycles. The van der Waals surface area contributed by atoms with Gasteiger partial charge < -0.3 is 22.3 Å². The van der Waals surface area contributed by atoms with E-state index in [9.17, 15) is 0 Å². The van der Waals surface area contributed by atoms with E-state index in [1.54, 1.807) is 0 Å². The van der Waals surface area contributed by atoms with E-state index in [1.807, 2.05) is 0 Å². The Balaban J connectivity index is 0.000000487. The van der Waals surface area contributed by atoms with Crippen molar-refractivity contribution >= 4 is 6.09 Å². The molecule has 2 unspecified atom stereocenters. The number of primary amides is 1. The molecule has 96 valence electrons. The third kappa shape index (κ3) is 5.92. The fraction of sp³-hybridized carbons (Fsp3) is 0.909. The van der Waals surface area contributed by atoms with Gasteiger partial charge in [-0.25, -0.2) is 4.79 Å². The van der Waals surface area contributed by atoms with Crippen molar-refractivity contribution in [2.75, 3.05) is 6.54 Å².